The molecule has 0 aromatic carbocycles. The van der Waals surface area contributed by atoms with Crippen LogP contribution in [0.5, 0.6) is 0 Å². The molecule has 2 atom stereocenters. The van der Waals surface area contributed by atoms with Crippen LogP contribution in [0.15, 0.2) is 0 Å². The molecule has 1 fully saturated rings. The molecule has 0 bridgehead atoms. The maximum Gasteiger partial charge on any atom is 0.223 e. The quantitative estimate of drug-likeness (QED) is 0.779. The van der Waals surface area contributed by atoms with Gasteiger partial charge in [0.25, 0.3) is 0 Å². The lowest BCUT2D eigenvalue weighted by Crippen LogP contribution is -2.48. The van der Waals surface area contributed by atoms with E-state index in [9.17, 15) is 9.90 Å². The third-order valence-corrected chi connectivity index (χ3v) is 3.97. The topological polar surface area (TPSA) is 67.6 Å². The second-order valence-corrected chi connectivity index (χ2v) is 5.33. The zero-order valence-corrected chi connectivity index (χ0v) is 12.0. The fraction of sp³-hybridized carbons (Fsp3) is 0.857. The van der Waals surface area contributed by atoms with Crippen LogP contribution in [0, 0.1) is 11.3 Å². The summed E-state index contributed by atoms with van der Waals surface area (Å²) in [5.41, 5.74) is 0. The molecule has 2 unspecified atom stereocenters. The predicted octanol–water partition coefficient (Wildman–Crippen LogP) is 0.984. The van der Waals surface area contributed by atoms with Gasteiger partial charge in [0.05, 0.1) is 19.1 Å². The van der Waals surface area contributed by atoms with Gasteiger partial charge in [0.15, 0.2) is 0 Å². The molecule has 1 N–H and O–H groups in total. The number of carbonyl (C=O) groups is 1. The van der Waals surface area contributed by atoms with E-state index >= 15 is 0 Å². The van der Waals surface area contributed by atoms with Crippen molar-refractivity contribution in [1.82, 2.24) is 9.80 Å². The second kappa shape index (κ2) is 8.13. The van der Waals surface area contributed by atoms with Crippen LogP contribution in [-0.2, 0) is 4.79 Å². The molecular formula is C14H25N3O2. The number of nitriles is 1. The summed E-state index contributed by atoms with van der Waals surface area (Å²) in [6.07, 6.45) is 4.14. The summed E-state index contributed by atoms with van der Waals surface area (Å²) in [5.74, 6) is 0.0738. The Kier molecular flexibility index (Phi) is 6.82. The van der Waals surface area contributed by atoms with Gasteiger partial charge in [0, 0.05) is 38.6 Å². The zero-order chi connectivity index (χ0) is 14.3. The molecule has 1 aliphatic heterocycles. The third kappa shape index (κ3) is 4.81. The first kappa shape index (κ1) is 15.9. The van der Waals surface area contributed by atoms with Crippen LogP contribution in [0.4, 0.5) is 0 Å². The van der Waals surface area contributed by atoms with Crippen LogP contribution < -0.4 is 0 Å². The lowest BCUT2D eigenvalue weighted by molar-refractivity contribution is -0.130. The summed E-state index contributed by atoms with van der Waals surface area (Å²) >= 11 is 0. The van der Waals surface area contributed by atoms with Gasteiger partial charge in [-0.05, 0) is 19.8 Å². The molecule has 1 amide bonds. The number of likely N-dealkylation sites (tertiary alicyclic amines) is 1. The largest absolute Gasteiger partial charge is 0.395 e. The fourth-order valence-electron chi connectivity index (χ4n) is 2.70. The number of rotatable bonds is 6. The average molecular weight is 267 g/mol. The smallest absolute Gasteiger partial charge is 0.223 e. The molecule has 0 saturated carbocycles. The Morgan fingerprint density at radius 2 is 2.26 bits per heavy atom. The number of hydrogen-bond donors (Lipinski definition) is 1. The lowest BCUT2D eigenvalue weighted by Gasteiger charge is -2.40. The number of hydrogen-bond acceptors (Lipinski definition) is 4. The van der Waals surface area contributed by atoms with Crippen molar-refractivity contribution in [3.63, 3.8) is 0 Å². The zero-order valence-electron chi connectivity index (χ0n) is 12.0. The minimum atomic E-state index is 0.0738. The van der Waals surface area contributed by atoms with Crippen LogP contribution in [0.1, 0.15) is 39.0 Å². The van der Waals surface area contributed by atoms with E-state index < -0.39 is 0 Å². The highest BCUT2D eigenvalue weighted by molar-refractivity contribution is 5.76. The van der Waals surface area contributed by atoms with E-state index in [0.29, 0.717) is 32.0 Å². The van der Waals surface area contributed by atoms with Gasteiger partial charge in [-0.25, -0.2) is 0 Å². The molecule has 1 saturated heterocycles. The Balaban J connectivity index is 2.41. The van der Waals surface area contributed by atoms with Crippen molar-refractivity contribution in [2.45, 2.75) is 51.1 Å². The van der Waals surface area contributed by atoms with Crippen LogP contribution in [0.2, 0.25) is 0 Å². The number of nitrogens with zero attached hydrogens (tertiary/aromatic N) is 3. The number of piperidine rings is 1. The molecule has 5 heteroatoms. The standard InChI is InChI=1S/C14H25N3O2/c1-12-5-3-6-13(11-18)17(12)10-7-14(19)16(2)9-4-8-15/h12-13,18H,3-7,9-11H2,1-2H3. The van der Waals surface area contributed by atoms with Crippen LogP contribution in [0.25, 0.3) is 0 Å². The van der Waals surface area contributed by atoms with Crippen LogP contribution in [0.3, 0.4) is 0 Å². The van der Waals surface area contributed by atoms with Gasteiger partial charge in [0.1, 0.15) is 0 Å². The first-order valence-electron chi connectivity index (χ1n) is 7.07. The minimum absolute atomic E-state index is 0.0738. The molecule has 108 valence electrons. The van der Waals surface area contributed by atoms with Crippen molar-refractivity contribution >= 4 is 5.91 Å². The van der Waals surface area contributed by atoms with E-state index in [0.717, 1.165) is 19.3 Å². The number of aliphatic hydroxyl groups excluding tert-OH is 1. The average Bonchev–Trinajstić information content (AvgIpc) is 2.42. The van der Waals surface area contributed by atoms with Gasteiger partial charge < -0.3 is 10.0 Å². The summed E-state index contributed by atoms with van der Waals surface area (Å²) in [4.78, 5) is 15.8. The normalized spacial score (nSPS) is 23.9. The maximum absolute atomic E-state index is 11.9. The minimum Gasteiger partial charge on any atom is -0.395 e. The molecule has 1 aliphatic rings. The molecule has 0 aliphatic carbocycles. The summed E-state index contributed by atoms with van der Waals surface area (Å²) in [5, 5.41) is 17.9. The van der Waals surface area contributed by atoms with Crippen molar-refractivity contribution < 1.29 is 9.90 Å². The summed E-state index contributed by atoms with van der Waals surface area (Å²) in [6, 6.07) is 2.67. The van der Waals surface area contributed by atoms with Gasteiger partial charge in [0.2, 0.25) is 5.91 Å². The molecule has 1 rings (SSSR count). The van der Waals surface area contributed by atoms with Crippen molar-refractivity contribution in [2.75, 3.05) is 26.7 Å². The van der Waals surface area contributed by atoms with Gasteiger partial charge in [-0.2, -0.15) is 5.26 Å². The first-order chi connectivity index (χ1) is 9.10. The van der Waals surface area contributed by atoms with Gasteiger partial charge in [-0.3, -0.25) is 9.69 Å². The van der Waals surface area contributed by atoms with E-state index in [1.807, 2.05) is 6.07 Å². The molecule has 0 aromatic rings. The first-order valence-corrected chi connectivity index (χ1v) is 7.07. The van der Waals surface area contributed by atoms with Crippen molar-refractivity contribution in [3.8, 4) is 6.07 Å². The Morgan fingerprint density at radius 1 is 1.53 bits per heavy atom. The van der Waals surface area contributed by atoms with Gasteiger partial charge in [-0.1, -0.05) is 6.42 Å². The van der Waals surface area contributed by atoms with Crippen molar-refractivity contribution in [1.29, 1.82) is 5.26 Å². The van der Waals surface area contributed by atoms with Crippen molar-refractivity contribution in [3.05, 3.63) is 0 Å². The molecule has 0 radical (unpaired) electrons. The molecule has 0 aromatic heterocycles. The molecule has 19 heavy (non-hydrogen) atoms. The molecule has 5 nitrogen and oxygen atoms in total. The third-order valence-electron chi connectivity index (χ3n) is 3.97. The highest BCUT2D eigenvalue weighted by atomic mass is 16.3. The molecular weight excluding hydrogens is 242 g/mol. The summed E-state index contributed by atoms with van der Waals surface area (Å²) < 4.78 is 0. The van der Waals surface area contributed by atoms with Crippen LogP contribution in [-0.4, -0.2) is 59.6 Å². The van der Waals surface area contributed by atoms with E-state index in [2.05, 4.69) is 11.8 Å². The van der Waals surface area contributed by atoms with E-state index in [1.54, 1.807) is 11.9 Å². The summed E-state index contributed by atoms with van der Waals surface area (Å²) in [6.45, 7) is 3.52. The highest BCUT2D eigenvalue weighted by Crippen LogP contribution is 2.22. The lowest BCUT2D eigenvalue weighted by atomic mass is 9.96. The second-order valence-electron chi connectivity index (χ2n) is 5.33. The van der Waals surface area contributed by atoms with Gasteiger partial charge in [-0.15, -0.1) is 0 Å². The van der Waals surface area contributed by atoms with Crippen LogP contribution >= 0.6 is 0 Å². The number of aliphatic hydroxyl groups is 1. The Hall–Kier alpha value is -1.12. The Bertz CT molecular complexity index is 327. The van der Waals surface area contributed by atoms with Gasteiger partial charge >= 0.3 is 0 Å². The Labute approximate surface area is 115 Å². The van der Waals surface area contributed by atoms with Crippen molar-refractivity contribution in [2.24, 2.45) is 0 Å². The van der Waals surface area contributed by atoms with E-state index in [1.165, 1.54) is 0 Å². The number of amides is 1. The molecule has 1 heterocycles. The Morgan fingerprint density at radius 3 is 2.89 bits per heavy atom. The molecule has 0 spiro atoms. The maximum atomic E-state index is 11.9. The summed E-state index contributed by atoms with van der Waals surface area (Å²) in [7, 11) is 1.74. The monoisotopic (exact) mass is 267 g/mol. The van der Waals surface area contributed by atoms with E-state index in [4.69, 9.17) is 5.26 Å². The predicted molar refractivity (Wildman–Crippen MR) is 73.4 cm³/mol. The van der Waals surface area contributed by atoms with E-state index in [-0.39, 0.29) is 18.6 Å². The fourth-order valence-corrected chi connectivity index (χ4v) is 2.70. The highest BCUT2D eigenvalue weighted by Gasteiger charge is 2.27. The number of carbonyl (C=O) groups excluding carboxylic acids is 1. The SMILES string of the molecule is CC1CCCC(CO)N1CCC(=O)N(C)CCC#N.